The van der Waals surface area contributed by atoms with Gasteiger partial charge in [0.1, 0.15) is 13.2 Å². The van der Waals surface area contributed by atoms with E-state index in [1.807, 2.05) is 0 Å². The van der Waals surface area contributed by atoms with Crippen molar-refractivity contribution in [3.63, 3.8) is 0 Å². The van der Waals surface area contributed by atoms with Gasteiger partial charge in [-0.1, -0.05) is 236 Å². The molecule has 0 aromatic carbocycles. The van der Waals surface area contributed by atoms with Crippen molar-refractivity contribution in [2.75, 3.05) is 13.2 Å². The number of allylic oxidation sites excluding steroid dienone is 8. The summed E-state index contributed by atoms with van der Waals surface area (Å²) in [5.41, 5.74) is 0. The molecule has 0 aliphatic rings. The SMILES string of the molecule is CCCCC/C=C\C/C=C\C/C=C\CCCCC(=O)OC[C@H](COC(=O)CCCCCCCCCCCCCCCCCCCCC)OC(=O)CCCCCCC/C=C\CCCCCC. The van der Waals surface area contributed by atoms with Crippen molar-refractivity contribution in [2.45, 2.75) is 297 Å². The summed E-state index contributed by atoms with van der Waals surface area (Å²) in [4.78, 5) is 38.1. The molecule has 0 aromatic heterocycles. The van der Waals surface area contributed by atoms with Gasteiger partial charge in [0, 0.05) is 19.3 Å². The van der Waals surface area contributed by atoms with Gasteiger partial charge in [-0.25, -0.2) is 0 Å². The third-order valence-electron chi connectivity index (χ3n) is 12.3. The molecule has 65 heavy (non-hydrogen) atoms. The number of rotatable bonds is 51. The zero-order chi connectivity index (χ0) is 47.2. The monoisotopic (exact) mass is 911 g/mol. The second kappa shape index (κ2) is 54.0. The number of hydrogen-bond donors (Lipinski definition) is 0. The van der Waals surface area contributed by atoms with Gasteiger partial charge >= 0.3 is 17.9 Å². The minimum absolute atomic E-state index is 0.0857. The quantitative estimate of drug-likeness (QED) is 0.0262. The summed E-state index contributed by atoms with van der Waals surface area (Å²) in [5.74, 6) is -0.922. The predicted molar refractivity (Wildman–Crippen MR) is 279 cm³/mol. The first kappa shape index (κ1) is 62.4. The van der Waals surface area contributed by atoms with E-state index in [1.165, 1.54) is 167 Å². The Morgan fingerprint density at radius 2 is 0.554 bits per heavy atom. The van der Waals surface area contributed by atoms with E-state index in [4.69, 9.17) is 14.2 Å². The van der Waals surface area contributed by atoms with Crippen LogP contribution in [-0.2, 0) is 28.6 Å². The smallest absolute Gasteiger partial charge is 0.306 e. The van der Waals surface area contributed by atoms with E-state index in [9.17, 15) is 14.4 Å². The van der Waals surface area contributed by atoms with Gasteiger partial charge in [0.15, 0.2) is 6.10 Å². The van der Waals surface area contributed by atoms with Crippen LogP contribution in [0, 0.1) is 0 Å². The highest BCUT2D eigenvalue weighted by atomic mass is 16.6. The first-order valence-electron chi connectivity index (χ1n) is 28.1. The fourth-order valence-corrected chi connectivity index (χ4v) is 8.03. The van der Waals surface area contributed by atoms with Gasteiger partial charge in [0.2, 0.25) is 0 Å². The lowest BCUT2D eigenvalue weighted by Crippen LogP contribution is -2.30. The number of unbranched alkanes of at least 4 members (excludes halogenated alkanes) is 32. The Balaban J connectivity index is 4.37. The van der Waals surface area contributed by atoms with Gasteiger partial charge in [0.05, 0.1) is 0 Å². The third kappa shape index (κ3) is 52.2. The van der Waals surface area contributed by atoms with E-state index in [0.717, 1.165) is 83.5 Å². The molecule has 0 amide bonds. The molecule has 0 radical (unpaired) electrons. The van der Waals surface area contributed by atoms with Crippen LogP contribution < -0.4 is 0 Å². The van der Waals surface area contributed by atoms with Crippen molar-refractivity contribution >= 4 is 17.9 Å². The Hall–Kier alpha value is -2.63. The summed E-state index contributed by atoms with van der Waals surface area (Å²) in [6, 6.07) is 0. The molecule has 0 bridgehead atoms. The summed E-state index contributed by atoms with van der Waals surface area (Å²) >= 11 is 0. The van der Waals surface area contributed by atoms with Crippen LogP contribution in [0.4, 0.5) is 0 Å². The standard InChI is InChI=1S/C59H106O6/c1-4-7-10-13-16-19-22-25-27-28-29-30-32-35-37-40-43-46-49-52-58(61)64-55-56(65-59(62)53-50-47-44-41-38-33-24-21-18-15-12-9-6-3)54-63-57(60)51-48-45-42-39-36-34-31-26-23-20-17-14-11-8-5-2/h17,20-21,24,26,31,36,39,56H,4-16,18-19,22-23,25,27-30,32-35,37-38,40-55H2,1-3H3/b20-17-,24-21-,31-26-,39-36-/t56-/m1/s1. The number of carbonyl (C=O) groups is 3. The molecule has 0 rings (SSSR count). The average molecular weight is 911 g/mol. The summed E-state index contributed by atoms with van der Waals surface area (Å²) < 4.78 is 16.8. The third-order valence-corrected chi connectivity index (χ3v) is 12.3. The molecule has 0 aliphatic carbocycles. The second-order valence-electron chi connectivity index (χ2n) is 18.8. The highest BCUT2D eigenvalue weighted by Crippen LogP contribution is 2.16. The van der Waals surface area contributed by atoms with Crippen LogP contribution in [0.3, 0.4) is 0 Å². The van der Waals surface area contributed by atoms with Crippen molar-refractivity contribution in [2.24, 2.45) is 0 Å². The topological polar surface area (TPSA) is 78.9 Å². The predicted octanol–water partition coefficient (Wildman–Crippen LogP) is 18.7. The van der Waals surface area contributed by atoms with E-state index in [2.05, 4.69) is 69.4 Å². The molecule has 0 spiro atoms. The molecule has 0 saturated carbocycles. The fraction of sp³-hybridized carbons (Fsp3) is 0.814. The summed E-state index contributed by atoms with van der Waals surface area (Å²) in [6.07, 6.45) is 65.3. The zero-order valence-corrected chi connectivity index (χ0v) is 43.3. The van der Waals surface area contributed by atoms with Gasteiger partial charge in [-0.3, -0.25) is 14.4 Å². The molecule has 0 aliphatic heterocycles. The largest absolute Gasteiger partial charge is 0.462 e. The van der Waals surface area contributed by atoms with Crippen LogP contribution in [-0.4, -0.2) is 37.2 Å². The molecule has 1 atom stereocenters. The molecule has 378 valence electrons. The van der Waals surface area contributed by atoms with Gasteiger partial charge in [-0.05, 0) is 83.5 Å². The van der Waals surface area contributed by atoms with Crippen molar-refractivity contribution in [1.29, 1.82) is 0 Å². The van der Waals surface area contributed by atoms with E-state index in [-0.39, 0.29) is 31.1 Å². The lowest BCUT2D eigenvalue weighted by Gasteiger charge is -2.18. The molecule has 0 saturated heterocycles. The molecule has 0 fully saturated rings. The summed E-state index contributed by atoms with van der Waals surface area (Å²) in [6.45, 7) is 6.58. The van der Waals surface area contributed by atoms with Crippen LogP contribution in [0.25, 0.3) is 0 Å². The lowest BCUT2D eigenvalue weighted by molar-refractivity contribution is -0.167. The van der Waals surface area contributed by atoms with Crippen molar-refractivity contribution < 1.29 is 28.6 Å². The summed E-state index contributed by atoms with van der Waals surface area (Å²) in [7, 11) is 0. The highest BCUT2D eigenvalue weighted by Gasteiger charge is 2.19. The minimum Gasteiger partial charge on any atom is -0.462 e. The van der Waals surface area contributed by atoms with Crippen molar-refractivity contribution in [3.05, 3.63) is 48.6 Å². The first-order valence-corrected chi connectivity index (χ1v) is 28.1. The molecule has 0 N–H and O–H groups in total. The van der Waals surface area contributed by atoms with Crippen LogP contribution in [0.2, 0.25) is 0 Å². The maximum absolute atomic E-state index is 12.8. The lowest BCUT2D eigenvalue weighted by atomic mass is 10.0. The van der Waals surface area contributed by atoms with Crippen LogP contribution in [0.15, 0.2) is 48.6 Å². The number of ether oxygens (including phenoxy) is 3. The van der Waals surface area contributed by atoms with Crippen LogP contribution in [0.1, 0.15) is 290 Å². The molecule has 6 nitrogen and oxygen atoms in total. The van der Waals surface area contributed by atoms with E-state index >= 15 is 0 Å². The number of hydrogen-bond acceptors (Lipinski definition) is 6. The number of esters is 3. The van der Waals surface area contributed by atoms with Crippen molar-refractivity contribution in [1.82, 2.24) is 0 Å². The zero-order valence-electron chi connectivity index (χ0n) is 43.3. The second-order valence-corrected chi connectivity index (χ2v) is 18.8. The summed E-state index contributed by atoms with van der Waals surface area (Å²) in [5, 5.41) is 0. The van der Waals surface area contributed by atoms with E-state index in [0.29, 0.717) is 19.3 Å². The Morgan fingerprint density at radius 1 is 0.308 bits per heavy atom. The van der Waals surface area contributed by atoms with Gasteiger partial charge in [-0.15, -0.1) is 0 Å². The minimum atomic E-state index is -0.790. The number of carbonyl (C=O) groups excluding carboxylic acids is 3. The Labute approximate surface area is 403 Å². The van der Waals surface area contributed by atoms with E-state index < -0.39 is 6.10 Å². The van der Waals surface area contributed by atoms with Crippen molar-refractivity contribution in [3.8, 4) is 0 Å². The Morgan fingerprint density at radius 3 is 0.954 bits per heavy atom. The maximum atomic E-state index is 12.8. The molecule has 6 heteroatoms. The van der Waals surface area contributed by atoms with Gasteiger partial charge in [-0.2, -0.15) is 0 Å². The maximum Gasteiger partial charge on any atom is 0.306 e. The molecule has 0 heterocycles. The first-order chi connectivity index (χ1) is 32.0. The average Bonchev–Trinajstić information content (AvgIpc) is 3.30. The van der Waals surface area contributed by atoms with Gasteiger partial charge < -0.3 is 14.2 Å². The molecule has 0 unspecified atom stereocenters. The molecule has 0 aromatic rings. The molecular formula is C59H106O6. The Kier molecular flexibility index (Phi) is 51.8. The van der Waals surface area contributed by atoms with Crippen LogP contribution in [0.5, 0.6) is 0 Å². The normalized spacial score (nSPS) is 12.4. The Bertz CT molecular complexity index is 1140. The van der Waals surface area contributed by atoms with Gasteiger partial charge in [0.25, 0.3) is 0 Å². The molecular weight excluding hydrogens is 805 g/mol. The van der Waals surface area contributed by atoms with Crippen LogP contribution >= 0.6 is 0 Å². The fourth-order valence-electron chi connectivity index (χ4n) is 8.03. The highest BCUT2D eigenvalue weighted by molar-refractivity contribution is 5.71. The van der Waals surface area contributed by atoms with E-state index in [1.54, 1.807) is 0 Å².